The van der Waals surface area contributed by atoms with Crippen molar-refractivity contribution < 1.29 is 9.53 Å². The van der Waals surface area contributed by atoms with Crippen molar-refractivity contribution in [2.24, 2.45) is 0 Å². The van der Waals surface area contributed by atoms with Crippen molar-refractivity contribution in [3.05, 3.63) is 51.3 Å². The van der Waals surface area contributed by atoms with Gasteiger partial charge in [0.2, 0.25) is 0 Å². The summed E-state index contributed by atoms with van der Waals surface area (Å²) in [6.45, 7) is -0.117. The standard InChI is InChI=1S/C19H17ClN2O3S/c20-13-7-5-12(6-8-13)15-10-26-18-17(15)19(24)22(11-21-18)9-16(23)25-14-3-1-2-4-14/h5-8,10-11,14H,1-4,9H2. The number of aromatic nitrogens is 2. The van der Waals surface area contributed by atoms with Crippen LogP contribution in [-0.4, -0.2) is 21.6 Å². The predicted octanol–water partition coefficient (Wildman–Crippen LogP) is 4.26. The minimum atomic E-state index is -0.386. The summed E-state index contributed by atoms with van der Waals surface area (Å²) < 4.78 is 6.78. The van der Waals surface area contributed by atoms with Crippen LogP contribution >= 0.6 is 22.9 Å². The number of nitrogens with zero attached hydrogens (tertiary/aromatic N) is 2. The van der Waals surface area contributed by atoms with Gasteiger partial charge in [-0.25, -0.2) is 4.98 Å². The molecule has 7 heteroatoms. The second-order valence-corrected chi connectivity index (χ2v) is 7.70. The second-order valence-electron chi connectivity index (χ2n) is 6.41. The van der Waals surface area contributed by atoms with E-state index >= 15 is 0 Å². The zero-order chi connectivity index (χ0) is 18.1. The molecule has 0 spiro atoms. The summed E-state index contributed by atoms with van der Waals surface area (Å²) in [4.78, 5) is 30.1. The summed E-state index contributed by atoms with van der Waals surface area (Å²) in [6.07, 6.45) is 5.39. The first-order valence-electron chi connectivity index (χ1n) is 8.54. The summed E-state index contributed by atoms with van der Waals surface area (Å²) in [5.41, 5.74) is 1.47. The Labute approximate surface area is 159 Å². The molecule has 1 aromatic carbocycles. The fourth-order valence-corrected chi connectivity index (χ4v) is 4.32. The van der Waals surface area contributed by atoms with Gasteiger partial charge < -0.3 is 4.74 Å². The van der Waals surface area contributed by atoms with Crippen LogP contribution in [0.3, 0.4) is 0 Å². The summed E-state index contributed by atoms with van der Waals surface area (Å²) in [5, 5.41) is 3.07. The fraction of sp³-hybridized carbons (Fsp3) is 0.316. The number of benzene rings is 1. The molecular weight excluding hydrogens is 372 g/mol. The van der Waals surface area contributed by atoms with Gasteiger partial charge in [0.25, 0.3) is 5.56 Å². The third kappa shape index (κ3) is 3.39. The Hall–Kier alpha value is -2.18. The molecule has 0 bridgehead atoms. The molecule has 3 aromatic rings. The molecule has 5 nitrogen and oxygen atoms in total. The molecule has 1 aliphatic rings. The van der Waals surface area contributed by atoms with E-state index in [1.807, 2.05) is 17.5 Å². The van der Waals surface area contributed by atoms with E-state index in [9.17, 15) is 9.59 Å². The Morgan fingerprint density at radius 3 is 2.73 bits per heavy atom. The lowest BCUT2D eigenvalue weighted by Crippen LogP contribution is -2.27. The van der Waals surface area contributed by atoms with E-state index < -0.39 is 0 Å². The maximum atomic E-state index is 12.9. The lowest BCUT2D eigenvalue weighted by atomic mass is 10.1. The van der Waals surface area contributed by atoms with Crippen molar-refractivity contribution in [1.29, 1.82) is 0 Å². The molecule has 1 aliphatic carbocycles. The summed E-state index contributed by atoms with van der Waals surface area (Å²) in [7, 11) is 0. The first kappa shape index (κ1) is 17.2. The molecule has 0 atom stereocenters. The smallest absolute Gasteiger partial charge is 0.326 e. The van der Waals surface area contributed by atoms with Gasteiger partial charge in [-0.1, -0.05) is 23.7 Å². The van der Waals surface area contributed by atoms with Gasteiger partial charge in [0.1, 0.15) is 17.5 Å². The molecule has 0 radical (unpaired) electrons. The van der Waals surface area contributed by atoms with E-state index in [0.29, 0.717) is 15.2 Å². The van der Waals surface area contributed by atoms with Crippen LogP contribution in [-0.2, 0) is 16.1 Å². The zero-order valence-corrected chi connectivity index (χ0v) is 15.6. The first-order chi connectivity index (χ1) is 12.6. The molecule has 0 aliphatic heterocycles. The van der Waals surface area contributed by atoms with Crippen LogP contribution in [0, 0.1) is 0 Å². The average molecular weight is 389 g/mol. The molecule has 0 amide bonds. The molecule has 26 heavy (non-hydrogen) atoms. The van der Waals surface area contributed by atoms with E-state index in [2.05, 4.69) is 4.98 Å². The van der Waals surface area contributed by atoms with Crippen LogP contribution in [0.15, 0.2) is 40.8 Å². The van der Waals surface area contributed by atoms with Gasteiger partial charge in [-0.3, -0.25) is 14.2 Å². The Balaban J connectivity index is 1.65. The van der Waals surface area contributed by atoms with Crippen LogP contribution in [0.1, 0.15) is 25.7 Å². The fourth-order valence-electron chi connectivity index (χ4n) is 3.29. The average Bonchev–Trinajstić information content (AvgIpc) is 3.28. The molecule has 1 fully saturated rings. The number of carbonyl (C=O) groups excluding carboxylic acids is 1. The highest BCUT2D eigenvalue weighted by atomic mass is 35.5. The van der Waals surface area contributed by atoms with Gasteiger partial charge in [-0.15, -0.1) is 11.3 Å². The van der Waals surface area contributed by atoms with Crippen molar-refractivity contribution in [2.75, 3.05) is 0 Å². The maximum Gasteiger partial charge on any atom is 0.326 e. The van der Waals surface area contributed by atoms with E-state index in [1.54, 1.807) is 12.1 Å². The largest absolute Gasteiger partial charge is 0.461 e. The Kier molecular flexibility index (Phi) is 4.78. The minimum Gasteiger partial charge on any atom is -0.461 e. The highest BCUT2D eigenvalue weighted by Crippen LogP contribution is 2.31. The molecule has 0 saturated heterocycles. The monoisotopic (exact) mass is 388 g/mol. The van der Waals surface area contributed by atoms with Gasteiger partial charge in [0.15, 0.2) is 0 Å². The van der Waals surface area contributed by atoms with Gasteiger partial charge in [0, 0.05) is 16.0 Å². The third-order valence-corrected chi connectivity index (χ3v) is 5.75. The van der Waals surface area contributed by atoms with Crippen LogP contribution in [0.25, 0.3) is 21.3 Å². The predicted molar refractivity (Wildman–Crippen MR) is 103 cm³/mol. The number of fused-ring (bicyclic) bond motifs is 1. The van der Waals surface area contributed by atoms with Gasteiger partial charge >= 0.3 is 5.97 Å². The van der Waals surface area contributed by atoms with E-state index in [-0.39, 0.29) is 24.2 Å². The topological polar surface area (TPSA) is 61.2 Å². The normalized spacial score (nSPS) is 14.8. The van der Waals surface area contributed by atoms with Crippen LogP contribution in [0.5, 0.6) is 0 Å². The molecule has 4 rings (SSSR count). The van der Waals surface area contributed by atoms with Crippen LogP contribution < -0.4 is 5.56 Å². The molecule has 2 heterocycles. The van der Waals surface area contributed by atoms with Crippen molar-refractivity contribution in [2.45, 2.75) is 38.3 Å². The quantitative estimate of drug-likeness (QED) is 0.626. The summed E-state index contributed by atoms with van der Waals surface area (Å²) in [5.74, 6) is -0.386. The Morgan fingerprint density at radius 1 is 1.27 bits per heavy atom. The molecule has 1 saturated carbocycles. The highest BCUT2D eigenvalue weighted by molar-refractivity contribution is 7.17. The SMILES string of the molecule is O=C(Cn1cnc2scc(-c3ccc(Cl)cc3)c2c1=O)OC1CCCC1. The zero-order valence-electron chi connectivity index (χ0n) is 14.0. The lowest BCUT2D eigenvalue weighted by molar-refractivity contribution is -0.149. The number of ether oxygens (including phenoxy) is 1. The van der Waals surface area contributed by atoms with Crippen molar-refractivity contribution >= 4 is 39.1 Å². The molecule has 0 N–H and O–H groups in total. The third-order valence-electron chi connectivity index (χ3n) is 4.62. The van der Waals surface area contributed by atoms with Crippen molar-refractivity contribution in [3.8, 4) is 11.1 Å². The minimum absolute atomic E-state index is 0.0133. The maximum absolute atomic E-state index is 12.9. The van der Waals surface area contributed by atoms with Crippen molar-refractivity contribution in [1.82, 2.24) is 9.55 Å². The molecule has 2 aromatic heterocycles. The van der Waals surface area contributed by atoms with E-state index in [0.717, 1.165) is 36.8 Å². The van der Waals surface area contributed by atoms with Crippen molar-refractivity contribution in [3.63, 3.8) is 0 Å². The molecule has 0 unspecified atom stereocenters. The number of carbonyl (C=O) groups is 1. The molecule has 134 valence electrons. The van der Waals surface area contributed by atoms with Gasteiger partial charge in [0.05, 0.1) is 11.7 Å². The number of thiophene rings is 1. The number of esters is 1. The number of hydrogen-bond acceptors (Lipinski definition) is 5. The summed E-state index contributed by atoms with van der Waals surface area (Å²) >= 11 is 7.36. The summed E-state index contributed by atoms with van der Waals surface area (Å²) in [6, 6.07) is 7.31. The number of hydrogen-bond donors (Lipinski definition) is 0. The van der Waals surface area contributed by atoms with Gasteiger partial charge in [-0.2, -0.15) is 0 Å². The van der Waals surface area contributed by atoms with E-state index in [4.69, 9.17) is 16.3 Å². The van der Waals surface area contributed by atoms with E-state index in [1.165, 1.54) is 22.2 Å². The van der Waals surface area contributed by atoms with Crippen LogP contribution in [0.4, 0.5) is 0 Å². The Morgan fingerprint density at radius 2 is 2.00 bits per heavy atom. The second kappa shape index (κ2) is 7.21. The number of halogens is 1. The number of rotatable bonds is 4. The van der Waals surface area contributed by atoms with Crippen LogP contribution in [0.2, 0.25) is 5.02 Å². The van der Waals surface area contributed by atoms with Gasteiger partial charge in [-0.05, 0) is 43.4 Å². The molecular formula is C19H17ClN2O3S. The lowest BCUT2D eigenvalue weighted by Gasteiger charge is -2.12. The highest BCUT2D eigenvalue weighted by Gasteiger charge is 2.20. The Bertz CT molecular complexity index is 1000. The first-order valence-corrected chi connectivity index (χ1v) is 9.79.